The van der Waals surface area contributed by atoms with E-state index in [0.717, 1.165) is 27.9 Å². The lowest BCUT2D eigenvalue weighted by Gasteiger charge is -2.10. The Morgan fingerprint density at radius 2 is 1.82 bits per heavy atom. The van der Waals surface area contributed by atoms with Crippen LogP contribution in [0.5, 0.6) is 5.75 Å². The van der Waals surface area contributed by atoms with Crippen LogP contribution in [0, 0.1) is 28.4 Å². The molecule has 0 N–H and O–H groups in total. The van der Waals surface area contributed by atoms with Crippen LogP contribution in [0.2, 0.25) is 5.02 Å². The van der Waals surface area contributed by atoms with Gasteiger partial charge in [0, 0.05) is 39.3 Å². The van der Waals surface area contributed by atoms with Crippen molar-refractivity contribution < 1.29 is 9.66 Å². The Kier molecular flexibility index (Phi) is 6.43. The predicted octanol–water partition coefficient (Wildman–Crippen LogP) is 6.65. The molecule has 0 saturated heterocycles. The van der Waals surface area contributed by atoms with E-state index in [0.29, 0.717) is 29.3 Å². The van der Waals surface area contributed by atoms with Crippen molar-refractivity contribution in [3.05, 3.63) is 105 Å². The minimum atomic E-state index is -0.455. The number of ether oxygens (including phenoxy) is 1. The number of aromatic nitrogens is 1. The van der Waals surface area contributed by atoms with Crippen molar-refractivity contribution in [2.45, 2.75) is 13.5 Å². The molecule has 4 rings (SSSR count). The largest absolute Gasteiger partial charge is 0.492 e. The number of fused-ring (bicyclic) bond motifs is 1. The lowest BCUT2D eigenvalue weighted by Crippen LogP contribution is -2.09. The number of benzene rings is 3. The molecule has 33 heavy (non-hydrogen) atoms. The van der Waals surface area contributed by atoms with E-state index in [1.165, 1.54) is 12.1 Å². The van der Waals surface area contributed by atoms with Crippen molar-refractivity contribution >= 4 is 39.8 Å². The quantitative estimate of drug-likeness (QED) is 0.176. The molecule has 0 aliphatic carbocycles. The van der Waals surface area contributed by atoms with E-state index in [4.69, 9.17) is 16.3 Å². The summed E-state index contributed by atoms with van der Waals surface area (Å²) in [6.45, 7) is 3.11. The second-order valence-electron chi connectivity index (χ2n) is 7.44. The smallest absolute Gasteiger partial charge is 0.269 e. The zero-order valence-electron chi connectivity index (χ0n) is 17.9. The van der Waals surface area contributed by atoms with Crippen LogP contribution < -0.4 is 4.74 Å². The molecule has 4 aromatic rings. The van der Waals surface area contributed by atoms with Crippen molar-refractivity contribution in [2.24, 2.45) is 0 Å². The van der Waals surface area contributed by atoms with Crippen LogP contribution >= 0.6 is 11.6 Å². The van der Waals surface area contributed by atoms with Crippen LogP contribution in [0.3, 0.4) is 0 Å². The average Bonchev–Trinajstić information content (AvgIpc) is 3.09. The second kappa shape index (κ2) is 9.60. The summed E-state index contributed by atoms with van der Waals surface area (Å²) in [6, 6.07) is 23.5. The molecule has 7 heteroatoms. The van der Waals surface area contributed by atoms with Gasteiger partial charge in [-0.2, -0.15) is 5.26 Å². The highest BCUT2D eigenvalue weighted by atomic mass is 35.5. The summed E-state index contributed by atoms with van der Waals surface area (Å²) >= 11 is 5.93. The molecule has 0 spiro atoms. The van der Waals surface area contributed by atoms with E-state index in [1.54, 1.807) is 24.3 Å². The number of allylic oxidation sites excluding steroid dienone is 1. The molecule has 0 aliphatic heterocycles. The lowest BCUT2D eigenvalue weighted by atomic mass is 10.0. The Morgan fingerprint density at radius 1 is 1.12 bits per heavy atom. The highest BCUT2D eigenvalue weighted by Crippen LogP contribution is 2.30. The molecular formula is C26H20ClN3O3. The monoisotopic (exact) mass is 457 g/mol. The maximum Gasteiger partial charge on any atom is 0.269 e. The van der Waals surface area contributed by atoms with E-state index >= 15 is 0 Å². The Labute approximate surface area is 196 Å². The van der Waals surface area contributed by atoms with Gasteiger partial charge in [0.15, 0.2) is 0 Å². The summed E-state index contributed by atoms with van der Waals surface area (Å²) in [5.41, 5.74) is 4.04. The van der Waals surface area contributed by atoms with Gasteiger partial charge < -0.3 is 9.30 Å². The van der Waals surface area contributed by atoms with Gasteiger partial charge in [0.1, 0.15) is 12.4 Å². The van der Waals surface area contributed by atoms with Crippen LogP contribution in [0.15, 0.2) is 72.8 Å². The van der Waals surface area contributed by atoms with Gasteiger partial charge in [0.25, 0.3) is 5.69 Å². The van der Waals surface area contributed by atoms with Crippen molar-refractivity contribution in [3.8, 4) is 11.8 Å². The van der Waals surface area contributed by atoms with Gasteiger partial charge in [-0.1, -0.05) is 29.8 Å². The van der Waals surface area contributed by atoms with Gasteiger partial charge in [-0.15, -0.1) is 0 Å². The summed E-state index contributed by atoms with van der Waals surface area (Å²) in [4.78, 5) is 10.5. The van der Waals surface area contributed by atoms with Crippen molar-refractivity contribution in [3.63, 3.8) is 0 Å². The van der Waals surface area contributed by atoms with Crippen molar-refractivity contribution in [2.75, 3.05) is 6.61 Å². The minimum absolute atomic E-state index is 0.00971. The normalized spacial score (nSPS) is 11.4. The Balaban J connectivity index is 1.66. The maximum atomic E-state index is 10.9. The minimum Gasteiger partial charge on any atom is -0.492 e. The topological polar surface area (TPSA) is 81.1 Å². The number of hydrogen-bond donors (Lipinski definition) is 0. The van der Waals surface area contributed by atoms with Crippen LogP contribution in [-0.4, -0.2) is 16.1 Å². The number of non-ortho nitro benzene ring substituents is 1. The third-order valence-corrected chi connectivity index (χ3v) is 5.73. The van der Waals surface area contributed by atoms with Gasteiger partial charge in [-0.25, -0.2) is 0 Å². The first-order valence-corrected chi connectivity index (χ1v) is 10.7. The Hall–Kier alpha value is -4.08. The first-order chi connectivity index (χ1) is 16.0. The molecule has 0 bridgehead atoms. The molecule has 1 heterocycles. The Morgan fingerprint density at radius 3 is 2.48 bits per heavy atom. The average molecular weight is 458 g/mol. The molecule has 3 aromatic carbocycles. The summed E-state index contributed by atoms with van der Waals surface area (Å²) in [7, 11) is 0. The van der Waals surface area contributed by atoms with Gasteiger partial charge >= 0.3 is 0 Å². The highest BCUT2D eigenvalue weighted by Gasteiger charge is 2.14. The van der Waals surface area contributed by atoms with Gasteiger partial charge in [0.05, 0.1) is 23.1 Å². The SMILES string of the molecule is Cc1c(/C=C(\C#N)c2ccc([N+](=O)[O-])cc2)c2ccccc2n1CCOc1ccc(Cl)cc1. The highest BCUT2D eigenvalue weighted by molar-refractivity contribution is 6.30. The van der Waals surface area contributed by atoms with E-state index in [1.807, 2.05) is 49.4 Å². The first kappa shape index (κ1) is 22.1. The number of nitro groups is 1. The van der Waals surface area contributed by atoms with Crippen molar-refractivity contribution in [1.29, 1.82) is 5.26 Å². The lowest BCUT2D eigenvalue weighted by molar-refractivity contribution is -0.384. The van der Waals surface area contributed by atoms with Gasteiger partial charge in [0.2, 0.25) is 0 Å². The number of nitriles is 1. The zero-order chi connectivity index (χ0) is 23.4. The van der Waals surface area contributed by atoms with E-state index in [9.17, 15) is 15.4 Å². The standard InChI is InChI=1S/C26H20ClN3O3/c1-18-25(16-20(17-28)19-6-10-22(11-7-19)30(31)32)24-4-2-3-5-26(24)29(18)14-15-33-23-12-8-21(27)9-13-23/h2-13,16H,14-15H2,1H3/b20-16+. The molecule has 0 fully saturated rings. The fraction of sp³-hybridized carbons (Fsp3) is 0.115. The molecule has 164 valence electrons. The number of nitro benzene ring substituents is 1. The van der Waals surface area contributed by atoms with Crippen LogP contribution in [-0.2, 0) is 6.54 Å². The zero-order valence-corrected chi connectivity index (χ0v) is 18.6. The second-order valence-corrected chi connectivity index (χ2v) is 7.88. The van der Waals surface area contributed by atoms with Crippen LogP contribution in [0.25, 0.3) is 22.6 Å². The summed E-state index contributed by atoms with van der Waals surface area (Å²) in [5, 5.41) is 22.4. The van der Waals surface area contributed by atoms with Crippen molar-refractivity contribution in [1.82, 2.24) is 4.57 Å². The third-order valence-electron chi connectivity index (χ3n) is 5.48. The molecule has 0 amide bonds. The molecule has 0 saturated carbocycles. The molecular weight excluding hydrogens is 438 g/mol. The number of rotatable bonds is 7. The molecule has 6 nitrogen and oxygen atoms in total. The van der Waals surface area contributed by atoms with E-state index in [2.05, 4.69) is 10.6 Å². The summed E-state index contributed by atoms with van der Waals surface area (Å²) in [5.74, 6) is 0.749. The fourth-order valence-corrected chi connectivity index (χ4v) is 3.93. The fourth-order valence-electron chi connectivity index (χ4n) is 3.80. The molecule has 1 aromatic heterocycles. The molecule has 0 unspecified atom stereocenters. The predicted molar refractivity (Wildman–Crippen MR) is 130 cm³/mol. The van der Waals surface area contributed by atoms with Gasteiger partial charge in [-0.3, -0.25) is 10.1 Å². The molecule has 0 atom stereocenters. The van der Waals surface area contributed by atoms with E-state index in [-0.39, 0.29) is 5.69 Å². The Bertz CT molecular complexity index is 1380. The summed E-state index contributed by atoms with van der Waals surface area (Å²) in [6.07, 6.45) is 1.84. The third kappa shape index (κ3) is 4.74. The van der Waals surface area contributed by atoms with Gasteiger partial charge in [-0.05, 0) is 61.0 Å². The summed E-state index contributed by atoms with van der Waals surface area (Å²) < 4.78 is 8.05. The van der Waals surface area contributed by atoms with Crippen LogP contribution in [0.1, 0.15) is 16.8 Å². The van der Waals surface area contributed by atoms with Crippen LogP contribution in [0.4, 0.5) is 5.69 Å². The number of hydrogen-bond acceptors (Lipinski definition) is 4. The molecule has 0 aliphatic rings. The number of halogens is 1. The molecule has 0 radical (unpaired) electrons. The first-order valence-electron chi connectivity index (χ1n) is 10.3. The van der Waals surface area contributed by atoms with E-state index < -0.39 is 4.92 Å². The number of para-hydroxylation sites is 1. The maximum absolute atomic E-state index is 10.9. The number of nitrogens with zero attached hydrogens (tertiary/aromatic N) is 3.